The first kappa shape index (κ1) is 18.2. The summed E-state index contributed by atoms with van der Waals surface area (Å²) in [6.45, 7) is 9.38. The molecular formula is C17H25NO7. The Labute approximate surface area is 147 Å². The topological polar surface area (TPSA) is 83.5 Å². The van der Waals surface area contributed by atoms with Gasteiger partial charge in [-0.15, -0.1) is 0 Å². The summed E-state index contributed by atoms with van der Waals surface area (Å²) in [6.07, 6.45) is 0.409. The molecule has 0 aromatic carbocycles. The molecule has 3 saturated heterocycles. The first-order chi connectivity index (χ1) is 11.8. The lowest BCUT2D eigenvalue weighted by molar-refractivity contribution is -0.181. The highest BCUT2D eigenvalue weighted by Crippen LogP contribution is 2.46. The van der Waals surface area contributed by atoms with Crippen molar-refractivity contribution < 1.29 is 33.3 Å². The molecule has 3 aliphatic rings. The minimum Gasteiger partial charge on any atom is -0.462 e. The minimum absolute atomic E-state index is 0.0809. The molecule has 0 aromatic heterocycles. The molecule has 3 heterocycles. The molecule has 0 aromatic rings. The lowest BCUT2D eigenvalue weighted by atomic mass is 9.98. The van der Waals surface area contributed by atoms with E-state index in [0.29, 0.717) is 0 Å². The maximum Gasteiger partial charge on any atom is 0.347 e. The van der Waals surface area contributed by atoms with Gasteiger partial charge in [-0.05, 0) is 34.6 Å². The van der Waals surface area contributed by atoms with Crippen LogP contribution < -0.4 is 0 Å². The molecule has 140 valence electrons. The third-order valence-electron chi connectivity index (χ3n) is 4.57. The standard InChI is InChI=1S/C17H25NO7/c1-6-21-15(19)10(16(20)22-7-2)8-18-9(3)11-12-13(14(18)23-11)25-17(4,5)24-12/h8-9,11-14H,6-7H2,1-5H3/t9-,11+,12-,13-,14+/m1/s1. The van der Waals surface area contributed by atoms with Crippen molar-refractivity contribution >= 4 is 11.9 Å². The molecule has 8 nitrogen and oxygen atoms in total. The SMILES string of the molecule is CCOC(=O)C(=CN1[C@H](C)[C@@H]2O[C@H]1[C@@H]1OC(C)(C)O[C@H]21)C(=O)OCC. The number of hydrogen-bond donors (Lipinski definition) is 0. The highest BCUT2D eigenvalue weighted by molar-refractivity contribution is 6.13. The van der Waals surface area contributed by atoms with Crippen LogP contribution in [0.3, 0.4) is 0 Å². The number of fused-ring (bicyclic) bond motifs is 5. The molecule has 0 radical (unpaired) electrons. The molecule has 0 saturated carbocycles. The zero-order chi connectivity index (χ0) is 18.4. The lowest BCUT2D eigenvalue weighted by Crippen LogP contribution is -2.51. The molecule has 0 amide bonds. The van der Waals surface area contributed by atoms with Crippen molar-refractivity contribution in [3.05, 3.63) is 11.8 Å². The number of ether oxygens (including phenoxy) is 5. The third-order valence-corrected chi connectivity index (χ3v) is 4.57. The van der Waals surface area contributed by atoms with Crippen molar-refractivity contribution in [2.75, 3.05) is 13.2 Å². The molecule has 8 heteroatoms. The van der Waals surface area contributed by atoms with E-state index in [2.05, 4.69) is 0 Å². The Kier molecular flexibility index (Phi) is 4.78. The fourth-order valence-corrected chi connectivity index (χ4v) is 3.58. The van der Waals surface area contributed by atoms with Gasteiger partial charge in [-0.3, -0.25) is 0 Å². The van der Waals surface area contributed by atoms with E-state index in [0.717, 1.165) is 0 Å². The highest BCUT2D eigenvalue weighted by Gasteiger charge is 2.63. The van der Waals surface area contributed by atoms with Gasteiger partial charge >= 0.3 is 11.9 Å². The average molecular weight is 355 g/mol. The van der Waals surface area contributed by atoms with E-state index in [1.165, 1.54) is 6.20 Å². The first-order valence-electron chi connectivity index (χ1n) is 8.63. The van der Waals surface area contributed by atoms with Gasteiger partial charge in [-0.2, -0.15) is 0 Å². The van der Waals surface area contributed by atoms with Gasteiger partial charge in [-0.25, -0.2) is 9.59 Å². The summed E-state index contributed by atoms with van der Waals surface area (Å²) in [5.74, 6) is -2.10. The van der Waals surface area contributed by atoms with Crippen LogP contribution in [0.15, 0.2) is 11.8 Å². The summed E-state index contributed by atoms with van der Waals surface area (Å²) in [5, 5.41) is 0. The van der Waals surface area contributed by atoms with Crippen molar-refractivity contribution in [2.45, 2.75) is 71.0 Å². The van der Waals surface area contributed by atoms with Crippen LogP contribution in [0.25, 0.3) is 0 Å². The van der Waals surface area contributed by atoms with Crippen molar-refractivity contribution in [3.8, 4) is 0 Å². The normalized spacial score (nSPS) is 34.6. The number of hydrogen-bond acceptors (Lipinski definition) is 8. The maximum absolute atomic E-state index is 12.2. The zero-order valence-electron chi connectivity index (χ0n) is 15.2. The van der Waals surface area contributed by atoms with Gasteiger partial charge in [0.15, 0.2) is 17.6 Å². The molecule has 0 aliphatic carbocycles. The van der Waals surface area contributed by atoms with Crippen LogP contribution in [0.5, 0.6) is 0 Å². The van der Waals surface area contributed by atoms with Crippen LogP contribution in [-0.4, -0.2) is 66.4 Å². The number of rotatable bonds is 5. The lowest BCUT2D eigenvalue weighted by Gasteiger charge is -2.34. The van der Waals surface area contributed by atoms with Gasteiger partial charge in [0.25, 0.3) is 0 Å². The van der Waals surface area contributed by atoms with E-state index in [4.69, 9.17) is 23.7 Å². The van der Waals surface area contributed by atoms with E-state index < -0.39 is 24.0 Å². The molecule has 3 rings (SSSR count). The Bertz CT molecular complexity index is 568. The van der Waals surface area contributed by atoms with E-state index in [-0.39, 0.29) is 43.1 Å². The van der Waals surface area contributed by atoms with Crippen LogP contribution in [0.1, 0.15) is 34.6 Å². The Morgan fingerprint density at radius 1 is 1.04 bits per heavy atom. The zero-order valence-corrected chi connectivity index (χ0v) is 15.2. The fourth-order valence-electron chi connectivity index (χ4n) is 3.58. The largest absolute Gasteiger partial charge is 0.462 e. The first-order valence-corrected chi connectivity index (χ1v) is 8.63. The summed E-state index contributed by atoms with van der Waals surface area (Å²) >= 11 is 0. The van der Waals surface area contributed by atoms with Gasteiger partial charge in [0, 0.05) is 6.20 Å². The predicted octanol–water partition coefficient (Wildman–Crippen LogP) is 0.946. The summed E-state index contributed by atoms with van der Waals surface area (Å²) in [7, 11) is 0. The number of esters is 2. The van der Waals surface area contributed by atoms with E-state index in [1.807, 2.05) is 25.7 Å². The molecule has 0 unspecified atom stereocenters. The molecular weight excluding hydrogens is 330 g/mol. The van der Waals surface area contributed by atoms with Crippen molar-refractivity contribution in [3.63, 3.8) is 0 Å². The molecule has 5 atom stereocenters. The average Bonchev–Trinajstić information content (AvgIpc) is 3.12. The maximum atomic E-state index is 12.2. The van der Waals surface area contributed by atoms with Gasteiger partial charge in [-0.1, -0.05) is 0 Å². The number of piperidine rings is 1. The number of likely N-dealkylation sites (tertiary alicyclic amines) is 1. The van der Waals surface area contributed by atoms with Gasteiger partial charge < -0.3 is 28.6 Å². The quantitative estimate of drug-likeness (QED) is 0.312. The Morgan fingerprint density at radius 3 is 2.16 bits per heavy atom. The molecule has 3 aliphatic heterocycles. The van der Waals surface area contributed by atoms with Gasteiger partial charge in [0.2, 0.25) is 0 Å². The van der Waals surface area contributed by atoms with Crippen LogP contribution in [0, 0.1) is 0 Å². The molecule has 25 heavy (non-hydrogen) atoms. The summed E-state index contributed by atoms with van der Waals surface area (Å²) < 4.78 is 27.8. The molecule has 3 fully saturated rings. The summed E-state index contributed by atoms with van der Waals surface area (Å²) in [5.41, 5.74) is -0.151. The second kappa shape index (κ2) is 6.59. The van der Waals surface area contributed by atoms with Crippen molar-refractivity contribution in [2.24, 2.45) is 0 Å². The summed E-state index contributed by atoms with van der Waals surface area (Å²) in [6, 6.07) is -0.0809. The smallest absolute Gasteiger partial charge is 0.347 e. The number of carbonyl (C=O) groups excluding carboxylic acids is 2. The summed E-state index contributed by atoms with van der Waals surface area (Å²) in [4.78, 5) is 26.2. The Hall–Kier alpha value is -1.64. The van der Waals surface area contributed by atoms with E-state index >= 15 is 0 Å². The van der Waals surface area contributed by atoms with Gasteiger partial charge in [0.1, 0.15) is 18.3 Å². The van der Waals surface area contributed by atoms with Crippen molar-refractivity contribution in [1.82, 2.24) is 4.90 Å². The third kappa shape index (κ3) is 3.14. The van der Waals surface area contributed by atoms with Crippen LogP contribution in [0.4, 0.5) is 0 Å². The number of carbonyl (C=O) groups is 2. The monoisotopic (exact) mass is 355 g/mol. The Morgan fingerprint density at radius 2 is 1.60 bits per heavy atom. The van der Waals surface area contributed by atoms with Crippen molar-refractivity contribution in [1.29, 1.82) is 0 Å². The number of nitrogens with zero attached hydrogens (tertiary/aromatic N) is 1. The van der Waals surface area contributed by atoms with Gasteiger partial charge in [0.05, 0.1) is 19.3 Å². The second-order valence-corrected chi connectivity index (χ2v) is 6.73. The predicted molar refractivity (Wildman–Crippen MR) is 85.1 cm³/mol. The van der Waals surface area contributed by atoms with Crippen LogP contribution in [-0.2, 0) is 33.3 Å². The highest BCUT2D eigenvalue weighted by atomic mass is 16.8. The van der Waals surface area contributed by atoms with Crippen LogP contribution in [0.2, 0.25) is 0 Å². The van der Waals surface area contributed by atoms with E-state index in [9.17, 15) is 9.59 Å². The Balaban J connectivity index is 1.85. The van der Waals surface area contributed by atoms with E-state index in [1.54, 1.807) is 13.8 Å². The molecule has 2 bridgehead atoms. The molecule has 0 spiro atoms. The minimum atomic E-state index is -0.712. The molecule has 0 N–H and O–H groups in total. The van der Waals surface area contributed by atoms with Crippen LogP contribution >= 0.6 is 0 Å². The second-order valence-electron chi connectivity index (χ2n) is 6.73. The fraction of sp³-hybridized carbons (Fsp3) is 0.765.